The highest BCUT2D eigenvalue weighted by Crippen LogP contribution is 2.51. The van der Waals surface area contributed by atoms with Crippen molar-refractivity contribution in [2.45, 2.75) is 56.4 Å². The molecule has 1 saturated heterocycles. The zero-order valence-electron chi connectivity index (χ0n) is 20.1. The van der Waals surface area contributed by atoms with Crippen molar-refractivity contribution >= 4 is 16.8 Å². The number of rotatable bonds is 6. The summed E-state index contributed by atoms with van der Waals surface area (Å²) in [5.41, 5.74) is 3.89. The number of aromatic nitrogens is 1. The Morgan fingerprint density at radius 2 is 1.88 bits per heavy atom. The van der Waals surface area contributed by atoms with Gasteiger partial charge < -0.3 is 19.3 Å². The SMILES string of the molecule is COc1ccc2c3c(n(C)c2c1)[C@H](CO)N(CC1CC1)CC31CCN(C(=O)CC2CC2)CC1. The molecule has 3 fully saturated rings. The number of hydrogen-bond acceptors (Lipinski definition) is 4. The lowest BCUT2D eigenvalue weighted by molar-refractivity contribution is -0.133. The van der Waals surface area contributed by atoms with Crippen LogP contribution in [0, 0.1) is 11.8 Å². The third-order valence-corrected chi connectivity index (χ3v) is 8.84. The highest BCUT2D eigenvalue weighted by molar-refractivity contribution is 5.88. The van der Waals surface area contributed by atoms with Crippen LogP contribution in [0.1, 0.15) is 62.2 Å². The van der Waals surface area contributed by atoms with Gasteiger partial charge in [-0.15, -0.1) is 0 Å². The van der Waals surface area contributed by atoms with Gasteiger partial charge in [0.1, 0.15) is 5.75 Å². The molecule has 2 aliphatic heterocycles. The summed E-state index contributed by atoms with van der Waals surface area (Å²) in [7, 11) is 3.86. The number of amides is 1. The summed E-state index contributed by atoms with van der Waals surface area (Å²) in [6.45, 7) is 3.89. The second-order valence-corrected chi connectivity index (χ2v) is 11.1. The zero-order valence-corrected chi connectivity index (χ0v) is 20.1. The Kier molecular flexibility index (Phi) is 5.22. The van der Waals surface area contributed by atoms with Gasteiger partial charge in [-0.1, -0.05) is 0 Å². The third kappa shape index (κ3) is 3.66. The first kappa shape index (κ1) is 21.5. The molecule has 1 N–H and O–H groups in total. The number of carbonyl (C=O) groups excluding carboxylic acids is 1. The molecule has 2 aliphatic carbocycles. The summed E-state index contributed by atoms with van der Waals surface area (Å²) in [6, 6.07) is 6.44. The average molecular weight is 452 g/mol. The number of piperidine rings is 1. The Bertz CT molecular complexity index is 1060. The fourth-order valence-electron chi connectivity index (χ4n) is 6.58. The topological polar surface area (TPSA) is 57.9 Å². The van der Waals surface area contributed by atoms with E-state index in [1.165, 1.54) is 47.8 Å². The van der Waals surface area contributed by atoms with Crippen molar-refractivity contribution < 1.29 is 14.6 Å². The van der Waals surface area contributed by atoms with Crippen molar-refractivity contribution in [1.29, 1.82) is 0 Å². The third-order valence-electron chi connectivity index (χ3n) is 8.84. The lowest BCUT2D eigenvalue weighted by atomic mass is 9.68. The van der Waals surface area contributed by atoms with Crippen LogP contribution in [0.3, 0.4) is 0 Å². The maximum absolute atomic E-state index is 12.8. The molecule has 1 aromatic heterocycles. The van der Waals surface area contributed by atoms with Crippen molar-refractivity contribution in [1.82, 2.24) is 14.4 Å². The number of nitrogens with zero attached hydrogens (tertiary/aromatic N) is 3. The van der Waals surface area contributed by atoms with Gasteiger partial charge in [0.05, 0.1) is 25.3 Å². The Morgan fingerprint density at radius 3 is 2.52 bits per heavy atom. The molecule has 4 aliphatic rings. The van der Waals surface area contributed by atoms with Crippen LogP contribution in [0.15, 0.2) is 18.2 Å². The van der Waals surface area contributed by atoms with E-state index in [0.717, 1.165) is 57.1 Å². The van der Waals surface area contributed by atoms with E-state index >= 15 is 0 Å². The van der Waals surface area contributed by atoms with Crippen LogP contribution in [-0.4, -0.2) is 65.3 Å². The van der Waals surface area contributed by atoms with E-state index in [0.29, 0.717) is 11.8 Å². The van der Waals surface area contributed by atoms with Gasteiger partial charge in [0, 0.05) is 62.2 Å². The Morgan fingerprint density at radius 1 is 1.15 bits per heavy atom. The monoisotopic (exact) mass is 451 g/mol. The quantitative estimate of drug-likeness (QED) is 0.729. The zero-order chi connectivity index (χ0) is 22.7. The first-order valence-corrected chi connectivity index (χ1v) is 12.8. The molecule has 0 radical (unpaired) electrons. The normalized spacial score (nSPS) is 24.9. The number of ether oxygens (including phenoxy) is 1. The van der Waals surface area contributed by atoms with Crippen molar-refractivity contribution in [2.24, 2.45) is 18.9 Å². The van der Waals surface area contributed by atoms with Crippen molar-refractivity contribution in [2.75, 3.05) is 39.9 Å². The van der Waals surface area contributed by atoms with Crippen molar-refractivity contribution in [3.8, 4) is 5.75 Å². The molecule has 0 unspecified atom stereocenters. The Labute approximate surface area is 196 Å². The molecule has 2 saturated carbocycles. The fourth-order valence-corrected chi connectivity index (χ4v) is 6.58. The second kappa shape index (κ2) is 8.02. The van der Waals surface area contributed by atoms with Gasteiger partial charge in [-0.2, -0.15) is 0 Å². The average Bonchev–Trinajstić information content (AvgIpc) is 3.76. The standard InChI is InChI=1S/C27H37N3O3/c1-28-22-14-20(33-2)7-8-21(22)25-26(28)23(16-31)30(15-19-5-6-19)17-27(25)9-11-29(12-10-27)24(32)13-18-3-4-18/h7-8,14,18-19,23,31H,3-6,9-13,15-17H2,1-2H3/t23-/m0/s1. The minimum Gasteiger partial charge on any atom is -0.497 e. The molecule has 3 heterocycles. The summed E-state index contributed by atoms with van der Waals surface area (Å²) < 4.78 is 7.85. The number of benzene rings is 1. The second-order valence-electron chi connectivity index (χ2n) is 11.1. The number of hydrogen-bond donors (Lipinski definition) is 1. The van der Waals surface area contributed by atoms with Crippen LogP contribution in [-0.2, 0) is 17.3 Å². The molecular weight excluding hydrogens is 414 g/mol. The number of aryl methyl sites for hydroxylation is 1. The Balaban J connectivity index is 1.40. The van der Waals surface area contributed by atoms with Crippen molar-refractivity contribution in [3.63, 3.8) is 0 Å². The summed E-state index contributed by atoms with van der Waals surface area (Å²) in [5, 5.41) is 11.8. The number of likely N-dealkylation sites (tertiary alicyclic amines) is 1. The van der Waals surface area contributed by atoms with Crippen LogP contribution >= 0.6 is 0 Å². The molecule has 1 spiro atoms. The van der Waals surface area contributed by atoms with Gasteiger partial charge in [-0.05, 0) is 68.1 Å². The van der Waals surface area contributed by atoms with E-state index in [1.54, 1.807) is 7.11 Å². The van der Waals surface area contributed by atoms with Crippen LogP contribution in [0.4, 0.5) is 0 Å². The fraction of sp³-hybridized carbons (Fsp3) is 0.667. The summed E-state index contributed by atoms with van der Waals surface area (Å²) in [5.74, 6) is 2.63. The van der Waals surface area contributed by atoms with E-state index in [9.17, 15) is 9.90 Å². The van der Waals surface area contributed by atoms with E-state index < -0.39 is 0 Å². The molecule has 1 atom stereocenters. The molecule has 6 heteroatoms. The van der Waals surface area contributed by atoms with Crippen LogP contribution < -0.4 is 4.74 Å². The van der Waals surface area contributed by atoms with Gasteiger partial charge in [0.25, 0.3) is 0 Å². The molecular formula is C27H37N3O3. The minimum atomic E-state index is 0.0281. The number of carbonyl (C=O) groups is 1. The number of methoxy groups -OCH3 is 1. The maximum Gasteiger partial charge on any atom is 0.222 e. The number of aliphatic hydroxyl groups is 1. The predicted molar refractivity (Wildman–Crippen MR) is 128 cm³/mol. The molecule has 178 valence electrons. The Hall–Kier alpha value is -2.05. The number of aliphatic hydroxyl groups excluding tert-OH is 1. The van der Waals surface area contributed by atoms with Crippen LogP contribution in [0.25, 0.3) is 10.9 Å². The summed E-state index contributed by atoms with van der Waals surface area (Å²) in [6.07, 6.45) is 7.82. The molecule has 33 heavy (non-hydrogen) atoms. The van der Waals surface area contributed by atoms with Crippen LogP contribution in [0.2, 0.25) is 0 Å². The lowest BCUT2D eigenvalue weighted by Gasteiger charge is -2.50. The minimum absolute atomic E-state index is 0.0281. The first-order valence-electron chi connectivity index (χ1n) is 12.8. The smallest absolute Gasteiger partial charge is 0.222 e. The summed E-state index contributed by atoms with van der Waals surface area (Å²) in [4.78, 5) is 17.5. The molecule has 0 bridgehead atoms. The first-order chi connectivity index (χ1) is 16.0. The van der Waals surface area contributed by atoms with E-state index in [-0.39, 0.29) is 18.1 Å². The predicted octanol–water partition coefficient (Wildman–Crippen LogP) is 3.61. The van der Waals surface area contributed by atoms with E-state index in [1.807, 2.05) is 0 Å². The molecule has 6 rings (SSSR count). The largest absolute Gasteiger partial charge is 0.497 e. The van der Waals surface area contributed by atoms with E-state index in [2.05, 4.69) is 39.6 Å². The maximum atomic E-state index is 12.8. The highest BCUT2D eigenvalue weighted by Gasteiger charge is 2.49. The molecule has 2 aromatic rings. The highest BCUT2D eigenvalue weighted by atomic mass is 16.5. The summed E-state index contributed by atoms with van der Waals surface area (Å²) >= 11 is 0. The van der Waals surface area contributed by atoms with Gasteiger partial charge in [0.15, 0.2) is 0 Å². The van der Waals surface area contributed by atoms with Gasteiger partial charge in [-0.25, -0.2) is 0 Å². The lowest BCUT2D eigenvalue weighted by Crippen LogP contribution is -2.55. The molecule has 1 amide bonds. The van der Waals surface area contributed by atoms with Gasteiger partial charge in [0.2, 0.25) is 5.91 Å². The van der Waals surface area contributed by atoms with Gasteiger partial charge in [-0.3, -0.25) is 9.69 Å². The molecule has 1 aromatic carbocycles. The number of fused-ring (bicyclic) bond motifs is 4. The van der Waals surface area contributed by atoms with Gasteiger partial charge >= 0.3 is 0 Å². The van der Waals surface area contributed by atoms with Crippen molar-refractivity contribution in [3.05, 3.63) is 29.5 Å². The van der Waals surface area contributed by atoms with E-state index in [4.69, 9.17) is 4.74 Å². The molecule has 6 nitrogen and oxygen atoms in total. The van der Waals surface area contributed by atoms with Crippen LogP contribution in [0.5, 0.6) is 5.75 Å².